The van der Waals surface area contributed by atoms with E-state index in [0.29, 0.717) is 29.6 Å². The summed E-state index contributed by atoms with van der Waals surface area (Å²) in [6.45, 7) is 1.73. The molecule has 3 fully saturated rings. The number of hydrogen-bond donors (Lipinski definition) is 1. The molecule has 2 aliphatic carbocycles. The second kappa shape index (κ2) is 6.94. The van der Waals surface area contributed by atoms with Crippen LogP contribution in [0.1, 0.15) is 69.1 Å². The maximum atomic E-state index is 12.9. The molecule has 152 valence electrons. The largest absolute Gasteiger partial charge is 0.507 e. The van der Waals surface area contributed by atoms with Crippen LogP contribution in [0.3, 0.4) is 0 Å². The van der Waals surface area contributed by atoms with Gasteiger partial charge in [0.1, 0.15) is 22.7 Å². The van der Waals surface area contributed by atoms with Gasteiger partial charge >= 0.3 is 5.63 Å². The molecular formula is C23H30O5. The molecule has 0 radical (unpaired) electrons. The molecule has 1 saturated heterocycles. The highest BCUT2D eigenvalue weighted by molar-refractivity contribution is 5.37. The van der Waals surface area contributed by atoms with Crippen molar-refractivity contribution >= 4 is 0 Å². The van der Waals surface area contributed by atoms with Crippen LogP contribution in [0, 0.1) is 17.3 Å². The Balaban J connectivity index is 1.35. The fraction of sp³-hybridized carbons (Fsp3) is 0.696. The van der Waals surface area contributed by atoms with E-state index >= 15 is 0 Å². The summed E-state index contributed by atoms with van der Waals surface area (Å²) in [6.07, 6.45) is 13.8. The molecule has 0 aromatic carbocycles. The molecule has 0 bridgehead atoms. The molecule has 2 unspecified atom stereocenters. The molecule has 3 heterocycles. The summed E-state index contributed by atoms with van der Waals surface area (Å²) in [5, 5.41) is 10.8. The topological polar surface area (TPSA) is 68.9 Å². The van der Waals surface area contributed by atoms with Crippen LogP contribution in [0.2, 0.25) is 0 Å². The first-order valence-corrected chi connectivity index (χ1v) is 10.8. The lowest BCUT2D eigenvalue weighted by Gasteiger charge is -2.29. The molecule has 0 amide bonds. The van der Waals surface area contributed by atoms with Crippen molar-refractivity contribution in [3.05, 3.63) is 40.1 Å². The Kier molecular flexibility index (Phi) is 4.53. The van der Waals surface area contributed by atoms with Crippen molar-refractivity contribution in [1.29, 1.82) is 0 Å². The van der Waals surface area contributed by atoms with E-state index in [1.807, 2.05) is 6.08 Å². The van der Waals surface area contributed by atoms with Crippen molar-refractivity contribution in [1.82, 2.24) is 0 Å². The second-order valence-electron chi connectivity index (χ2n) is 9.56. The number of aromatic hydroxyl groups is 1. The van der Waals surface area contributed by atoms with Gasteiger partial charge in [0.2, 0.25) is 0 Å². The third kappa shape index (κ3) is 3.61. The van der Waals surface area contributed by atoms with Crippen LogP contribution in [0.5, 0.6) is 5.75 Å². The maximum absolute atomic E-state index is 12.9. The van der Waals surface area contributed by atoms with E-state index in [0.717, 1.165) is 51.7 Å². The maximum Gasteiger partial charge on any atom is 0.346 e. The van der Waals surface area contributed by atoms with Crippen LogP contribution in [-0.4, -0.2) is 18.3 Å². The molecule has 5 heteroatoms. The van der Waals surface area contributed by atoms with Gasteiger partial charge in [-0.3, -0.25) is 0 Å². The van der Waals surface area contributed by atoms with Crippen molar-refractivity contribution in [3.63, 3.8) is 0 Å². The van der Waals surface area contributed by atoms with Gasteiger partial charge in [0.05, 0.1) is 6.26 Å². The summed E-state index contributed by atoms with van der Waals surface area (Å²) >= 11 is 0. The molecule has 2 saturated carbocycles. The van der Waals surface area contributed by atoms with Crippen molar-refractivity contribution in [2.45, 2.75) is 69.8 Å². The van der Waals surface area contributed by atoms with Crippen molar-refractivity contribution in [2.75, 3.05) is 13.2 Å². The predicted molar refractivity (Wildman–Crippen MR) is 104 cm³/mol. The Morgan fingerprint density at radius 2 is 2.00 bits per heavy atom. The van der Waals surface area contributed by atoms with Gasteiger partial charge in [0.25, 0.3) is 0 Å². The zero-order chi connectivity index (χ0) is 19.2. The van der Waals surface area contributed by atoms with E-state index in [1.54, 1.807) is 12.3 Å². The van der Waals surface area contributed by atoms with Gasteiger partial charge in [-0.1, -0.05) is 12.8 Å². The average molecular weight is 386 g/mol. The highest BCUT2D eigenvalue weighted by atomic mass is 16.5. The van der Waals surface area contributed by atoms with Crippen molar-refractivity contribution < 1.29 is 19.0 Å². The third-order valence-electron chi connectivity index (χ3n) is 7.07. The summed E-state index contributed by atoms with van der Waals surface area (Å²) in [5.74, 6) is 1.82. The lowest BCUT2D eigenvalue weighted by atomic mass is 9.84. The van der Waals surface area contributed by atoms with Gasteiger partial charge in [0.15, 0.2) is 0 Å². The lowest BCUT2D eigenvalue weighted by Crippen LogP contribution is -2.32. The molecule has 2 aliphatic heterocycles. The molecule has 1 N–H and O–H groups in total. The van der Waals surface area contributed by atoms with E-state index in [9.17, 15) is 9.90 Å². The van der Waals surface area contributed by atoms with Gasteiger partial charge in [-0.2, -0.15) is 0 Å². The minimum atomic E-state index is -0.749. The van der Waals surface area contributed by atoms with Gasteiger partial charge in [0, 0.05) is 32.1 Å². The highest BCUT2D eigenvalue weighted by Crippen LogP contribution is 2.54. The minimum absolute atomic E-state index is 0.0346. The Morgan fingerprint density at radius 1 is 1.14 bits per heavy atom. The first-order chi connectivity index (χ1) is 13.6. The number of rotatable bonds is 7. The molecule has 4 aliphatic rings. The Hall–Kier alpha value is -1.75. The monoisotopic (exact) mass is 386 g/mol. The van der Waals surface area contributed by atoms with E-state index in [2.05, 4.69) is 0 Å². The minimum Gasteiger partial charge on any atom is -0.507 e. The molecule has 5 rings (SSSR count). The fourth-order valence-electron chi connectivity index (χ4n) is 5.26. The summed E-state index contributed by atoms with van der Waals surface area (Å²) in [6, 6.07) is 1.67. The Bertz CT molecular complexity index is 801. The van der Waals surface area contributed by atoms with Gasteiger partial charge in [-0.15, -0.1) is 0 Å². The molecule has 1 aromatic rings. The zero-order valence-electron chi connectivity index (χ0n) is 16.5. The quantitative estimate of drug-likeness (QED) is 0.751. The third-order valence-corrected chi connectivity index (χ3v) is 7.07. The van der Waals surface area contributed by atoms with Crippen molar-refractivity contribution in [2.24, 2.45) is 17.3 Å². The zero-order valence-corrected chi connectivity index (χ0v) is 16.5. The van der Waals surface area contributed by atoms with Crippen LogP contribution in [-0.2, 0) is 21.5 Å². The van der Waals surface area contributed by atoms with Gasteiger partial charge < -0.3 is 19.0 Å². The Labute approximate surface area is 165 Å². The summed E-state index contributed by atoms with van der Waals surface area (Å²) in [4.78, 5) is 12.9. The summed E-state index contributed by atoms with van der Waals surface area (Å²) in [7, 11) is 0. The van der Waals surface area contributed by atoms with E-state index in [-0.39, 0.29) is 11.2 Å². The average Bonchev–Trinajstić information content (AvgIpc) is 3.57. The van der Waals surface area contributed by atoms with Gasteiger partial charge in [-0.25, -0.2) is 4.79 Å². The smallest absolute Gasteiger partial charge is 0.346 e. The molecule has 1 aromatic heterocycles. The van der Waals surface area contributed by atoms with E-state index < -0.39 is 11.2 Å². The molecule has 2 atom stereocenters. The summed E-state index contributed by atoms with van der Waals surface area (Å²) < 4.78 is 17.2. The molecule has 5 nitrogen and oxygen atoms in total. The van der Waals surface area contributed by atoms with Crippen molar-refractivity contribution in [3.8, 4) is 5.75 Å². The number of ether oxygens (including phenoxy) is 2. The SMILES string of the molecule is O=c1oc(CC2(CC3CCCOC3)CC2)cc(O)c1C1(CC2CC2)CC=CO1. The Morgan fingerprint density at radius 3 is 2.61 bits per heavy atom. The van der Waals surface area contributed by atoms with Crippen LogP contribution < -0.4 is 5.63 Å². The van der Waals surface area contributed by atoms with Crippen LogP contribution in [0.25, 0.3) is 0 Å². The standard InChI is InChI=1S/C23H30O5/c24-19-11-18(14-22(7-8-22)12-17-3-1-9-26-15-17)28-21(25)20(19)23(6-2-10-27-23)13-16-4-5-16/h2,10-11,16-17,24H,1,3-9,12-15H2. The van der Waals surface area contributed by atoms with Gasteiger partial charge in [-0.05, 0) is 61.9 Å². The fourth-order valence-corrected chi connectivity index (χ4v) is 5.26. The van der Waals surface area contributed by atoms with Crippen LogP contribution in [0.15, 0.2) is 27.6 Å². The molecule has 28 heavy (non-hydrogen) atoms. The normalized spacial score (nSPS) is 30.9. The first kappa shape index (κ1) is 18.3. The van der Waals surface area contributed by atoms with Crippen LogP contribution in [0.4, 0.5) is 0 Å². The molecular weight excluding hydrogens is 356 g/mol. The predicted octanol–water partition coefficient (Wildman–Crippen LogP) is 4.41. The van der Waals surface area contributed by atoms with E-state index in [1.165, 1.54) is 19.3 Å². The molecule has 0 spiro atoms. The summed E-state index contributed by atoms with van der Waals surface area (Å²) in [5.41, 5.74) is -0.664. The van der Waals surface area contributed by atoms with Crippen LogP contribution >= 0.6 is 0 Å². The lowest BCUT2D eigenvalue weighted by molar-refractivity contribution is 0.0209. The first-order valence-electron chi connectivity index (χ1n) is 10.8. The highest BCUT2D eigenvalue weighted by Gasteiger charge is 2.47. The number of hydrogen-bond acceptors (Lipinski definition) is 5. The second-order valence-corrected chi connectivity index (χ2v) is 9.56. The van der Waals surface area contributed by atoms with E-state index in [4.69, 9.17) is 13.9 Å².